The third-order valence-corrected chi connectivity index (χ3v) is 0.258. The van der Waals surface area contributed by atoms with Crippen LogP contribution in [0.15, 0.2) is 25.3 Å². The van der Waals surface area contributed by atoms with Gasteiger partial charge in [-0.05, 0) is 0 Å². The van der Waals surface area contributed by atoms with Crippen LogP contribution in [-0.4, -0.2) is 23.4 Å². The third-order valence-electron chi connectivity index (χ3n) is 0.258. The van der Waals surface area contributed by atoms with Crippen LogP contribution in [0.2, 0.25) is 0 Å². The van der Waals surface area contributed by atoms with E-state index in [4.69, 9.17) is 10.2 Å². The Morgan fingerprint density at radius 3 is 1.00 bits per heavy atom. The highest BCUT2D eigenvalue weighted by Crippen LogP contribution is 1.46. The van der Waals surface area contributed by atoms with Gasteiger partial charge in [0.15, 0.2) is 0 Å². The van der Waals surface area contributed by atoms with E-state index in [1.54, 1.807) is 0 Å². The van der Waals surface area contributed by atoms with E-state index < -0.39 is 0 Å². The number of rotatable bonds is 2. The Morgan fingerprint density at radius 1 is 0.900 bits per heavy atom. The highest BCUT2D eigenvalue weighted by atomic mass is 79.9. The summed E-state index contributed by atoms with van der Waals surface area (Å²) >= 11 is 0. The van der Waals surface area contributed by atoms with Crippen molar-refractivity contribution in [3.63, 3.8) is 0 Å². The van der Waals surface area contributed by atoms with Crippen LogP contribution < -0.4 is 34.0 Å². The van der Waals surface area contributed by atoms with Crippen LogP contribution in [-0.2, 0) is 0 Å². The van der Waals surface area contributed by atoms with Gasteiger partial charge < -0.3 is 44.2 Å². The zero-order valence-electron chi connectivity index (χ0n) is 5.63. The molecule has 0 atom stereocenters. The molecule has 0 unspecified atom stereocenters. The molecule has 0 aromatic heterocycles. The van der Waals surface area contributed by atoms with Crippen LogP contribution >= 0.6 is 0 Å². The van der Waals surface area contributed by atoms with E-state index in [0.29, 0.717) is 0 Å². The average Bonchev–Trinajstić information content (AvgIpc) is 1.88. The van der Waals surface area contributed by atoms with Crippen molar-refractivity contribution in [2.75, 3.05) is 13.2 Å². The van der Waals surface area contributed by atoms with Crippen molar-refractivity contribution in [1.82, 2.24) is 0 Å². The minimum absolute atomic E-state index is 0. The molecule has 0 saturated heterocycles. The van der Waals surface area contributed by atoms with E-state index in [1.807, 2.05) is 0 Å². The fourth-order valence-corrected chi connectivity index (χ4v) is 0. The maximum absolute atomic E-state index is 7.76. The Kier molecular flexibility index (Phi) is 77.2. The molecule has 0 aliphatic heterocycles. The van der Waals surface area contributed by atoms with Crippen LogP contribution in [0.4, 0.5) is 0 Å². The molecule has 4 heteroatoms. The lowest BCUT2D eigenvalue weighted by molar-refractivity contribution is -0.001000. The van der Waals surface area contributed by atoms with E-state index in [9.17, 15) is 0 Å². The molecule has 0 rings (SSSR count). The molecule has 10 heavy (non-hydrogen) atoms. The predicted octanol–water partition coefficient (Wildman–Crippen LogP) is -5.66. The first-order chi connectivity index (χ1) is 3.83. The van der Waals surface area contributed by atoms with Crippen molar-refractivity contribution < 1.29 is 44.2 Å². The maximum Gasteiger partial charge on any atom is 0.0609 e. The molecule has 64 valence electrons. The normalized spacial score (nSPS) is 5.00. The van der Waals surface area contributed by atoms with Gasteiger partial charge in [0.1, 0.15) is 0 Å². The molecule has 0 aromatic rings. The van der Waals surface area contributed by atoms with E-state index in [-0.39, 0.29) is 47.2 Å². The Balaban J connectivity index is -0.0000000300. The van der Waals surface area contributed by atoms with Gasteiger partial charge in [0.2, 0.25) is 0 Å². The van der Waals surface area contributed by atoms with Crippen molar-refractivity contribution in [3.8, 4) is 0 Å². The smallest absolute Gasteiger partial charge is 0.0609 e. The fraction of sp³-hybridized carbons (Fsp3) is 0.333. The Morgan fingerprint density at radius 2 is 1.00 bits per heavy atom. The summed E-state index contributed by atoms with van der Waals surface area (Å²) < 4.78 is 0. The first-order valence-corrected chi connectivity index (χ1v) is 2.27. The zero-order chi connectivity index (χ0) is 6.83. The lowest BCUT2D eigenvalue weighted by Crippen LogP contribution is -3.00. The summed E-state index contributed by atoms with van der Waals surface area (Å²) in [6.45, 7) is 6.62. The second kappa shape index (κ2) is 34.4. The monoisotopic (exact) mass is 274 g/mol. The second-order valence-electron chi connectivity index (χ2n) is 0.942. The molecule has 0 aliphatic carbocycles. The quantitative estimate of drug-likeness (QED) is 0.494. The number of hydrogen-bond donors (Lipinski definition) is 2. The molecular formula is C6H12Br2O2-2. The zero-order valence-corrected chi connectivity index (χ0v) is 8.81. The van der Waals surface area contributed by atoms with Gasteiger partial charge in [-0.1, -0.05) is 12.2 Å². The lowest BCUT2D eigenvalue weighted by atomic mass is 10.7. The van der Waals surface area contributed by atoms with Crippen LogP contribution in [0.1, 0.15) is 0 Å². The highest BCUT2D eigenvalue weighted by Gasteiger charge is 1.45. The molecular weight excluding hydrogens is 264 g/mol. The minimum Gasteiger partial charge on any atom is -1.00 e. The number of hydrogen-bond acceptors (Lipinski definition) is 2. The topological polar surface area (TPSA) is 40.5 Å². The van der Waals surface area contributed by atoms with Crippen LogP contribution in [0.25, 0.3) is 0 Å². The van der Waals surface area contributed by atoms with Gasteiger partial charge in [0, 0.05) is 0 Å². The van der Waals surface area contributed by atoms with Gasteiger partial charge in [-0.3, -0.25) is 0 Å². The summed E-state index contributed by atoms with van der Waals surface area (Å²) in [7, 11) is 0. The Bertz CT molecular complexity index is 49.7. The molecule has 0 radical (unpaired) electrons. The highest BCUT2D eigenvalue weighted by molar-refractivity contribution is 4.61. The predicted molar refractivity (Wildman–Crippen MR) is 34.6 cm³/mol. The summed E-state index contributed by atoms with van der Waals surface area (Å²) in [4.78, 5) is 0. The number of aliphatic hydroxyl groups excluding tert-OH is 2. The van der Waals surface area contributed by atoms with Gasteiger partial charge >= 0.3 is 0 Å². The molecule has 0 spiro atoms. The summed E-state index contributed by atoms with van der Waals surface area (Å²) in [5.41, 5.74) is 0. The van der Waals surface area contributed by atoms with Gasteiger partial charge in [-0.15, -0.1) is 13.2 Å². The van der Waals surface area contributed by atoms with Crippen LogP contribution in [0.3, 0.4) is 0 Å². The van der Waals surface area contributed by atoms with Crippen LogP contribution in [0.5, 0.6) is 0 Å². The lowest BCUT2D eigenvalue weighted by Gasteiger charge is -1.60. The molecule has 0 saturated carbocycles. The van der Waals surface area contributed by atoms with Gasteiger partial charge in [0.05, 0.1) is 13.2 Å². The van der Waals surface area contributed by atoms with E-state index in [0.717, 1.165) is 0 Å². The van der Waals surface area contributed by atoms with Crippen molar-refractivity contribution in [3.05, 3.63) is 25.3 Å². The van der Waals surface area contributed by atoms with E-state index in [2.05, 4.69) is 13.2 Å². The molecule has 0 aromatic carbocycles. The summed E-state index contributed by atoms with van der Waals surface area (Å²) in [5, 5.41) is 15.5. The van der Waals surface area contributed by atoms with Crippen molar-refractivity contribution in [1.29, 1.82) is 0 Å². The molecule has 2 nitrogen and oxygen atoms in total. The number of aliphatic hydroxyl groups is 2. The summed E-state index contributed by atoms with van der Waals surface area (Å²) in [6, 6.07) is 0. The van der Waals surface area contributed by atoms with Gasteiger partial charge in [0.25, 0.3) is 0 Å². The third kappa shape index (κ3) is 81.3. The molecule has 2 N–H and O–H groups in total. The fourth-order valence-electron chi connectivity index (χ4n) is 0. The molecule has 0 fully saturated rings. The number of halogens is 2. The van der Waals surface area contributed by atoms with Gasteiger partial charge in [-0.25, -0.2) is 0 Å². The minimum atomic E-state index is 0. The molecule has 0 aliphatic rings. The molecule has 0 bridgehead atoms. The van der Waals surface area contributed by atoms with Crippen molar-refractivity contribution in [2.24, 2.45) is 0 Å². The Labute approximate surface area is 82.8 Å². The van der Waals surface area contributed by atoms with E-state index in [1.165, 1.54) is 12.2 Å². The van der Waals surface area contributed by atoms with Crippen molar-refractivity contribution in [2.45, 2.75) is 0 Å². The molecule has 0 amide bonds. The standard InChI is InChI=1S/2C3H6O.2BrH/c2*1-2-3-4;;/h2*2,4H,1,3H2;2*1H/p-2. The largest absolute Gasteiger partial charge is 1.00 e. The summed E-state index contributed by atoms with van der Waals surface area (Å²) in [6.07, 6.45) is 2.86. The van der Waals surface area contributed by atoms with Crippen LogP contribution in [0, 0.1) is 0 Å². The van der Waals surface area contributed by atoms with Gasteiger partial charge in [-0.2, -0.15) is 0 Å². The summed E-state index contributed by atoms with van der Waals surface area (Å²) in [5.74, 6) is 0. The molecule has 0 heterocycles. The first kappa shape index (κ1) is 22.4. The maximum atomic E-state index is 7.76. The van der Waals surface area contributed by atoms with E-state index >= 15 is 0 Å². The first-order valence-electron chi connectivity index (χ1n) is 2.27. The SMILES string of the molecule is C=CCO.C=CCO.[Br-].[Br-]. The second-order valence-corrected chi connectivity index (χ2v) is 0.942. The average molecular weight is 276 g/mol. The van der Waals surface area contributed by atoms with Crippen molar-refractivity contribution >= 4 is 0 Å². The Hall–Kier alpha value is 0.360.